The average molecular weight is 910 g/mol. The van der Waals surface area contributed by atoms with Gasteiger partial charge in [0.05, 0.1) is 27.8 Å². The lowest BCUT2D eigenvalue weighted by atomic mass is 9.98. The molecular formula is C64H39N5O2. The number of rotatable bonds is 6. The van der Waals surface area contributed by atoms with Crippen molar-refractivity contribution in [2.45, 2.75) is 6.92 Å². The minimum atomic E-state index is 0.586. The third-order valence-electron chi connectivity index (χ3n) is 14.3. The summed E-state index contributed by atoms with van der Waals surface area (Å²) in [6.07, 6.45) is 0. The molecular weight excluding hydrogens is 871 g/mol. The van der Waals surface area contributed by atoms with Crippen LogP contribution in [0.2, 0.25) is 0 Å². The van der Waals surface area contributed by atoms with Gasteiger partial charge in [-0.1, -0.05) is 146 Å². The third kappa shape index (κ3) is 6.00. The van der Waals surface area contributed by atoms with E-state index in [1.54, 1.807) is 0 Å². The lowest BCUT2D eigenvalue weighted by Gasteiger charge is -2.15. The molecule has 7 heteroatoms. The van der Waals surface area contributed by atoms with E-state index in [1.807, 2.05) is 78.9 Å². The zero-order chi connectivity index (χ0) is 46.7. The molecule has 0 aliphatic rings. The molecule has 0 radical (unpaired) electrons. The van der Waals surface area contributed by atoms with Crippen molar-refractivity contribution >= 4 is 87.5 Å². The van der Waals surface area contributed by atoms with Crippen LogP contribution >= 0.6 is 0 Å². The van der Waals surface area contributed by atoms with E-state index in [1.165, 1.54) is 10.8 Å². The maximum atomic E-state index is 7.13. The number of aryl methyl sites for hydroxylation is 1. The van der Waals surface area contributed by atoms with Crippen molar-refractivity contribution in [2.24, 2.45) is 0 Å². The molecule has 0 fully saturated rings. The van der Waals surface area contributed by atoms with Gasteiger partial charge in [0, 0.05) is 65.5 Å². The quantitative estimate of drug-likeness (QED) is 0.166. The van der Waals surface area contributed by atoms with E-state index in [2.05, 4.69) is 156 Å². The van der Waals surface area contributed by atoms with Gasteiger partial charge in [0.25, 0.3) is 0 Å². The summed E-state index contributed by atoms with van der Waals surface area (Å²) in [6.45, 7) is 2.17. The summed E-state index contributed by atoms with van der Waals surface area (Å²) in [4.78, 5) is 15.6. The second kappa shape index (κ2) is 15.2. The van der Waals surface area contributed by atoms with E-state index >= 15 is 0 Å². The number of nitrogens with zero attached hydrogens (tertiary/aromatic N) is 5. The second-order valence-corrected chi connectivity index (χ2v) is 18.4. The highest BCUT2D eigenvalue weighted by molar-refractivity contribution is 6.21. The molecule has 0 aliphatic carbocycles. The van der Waals surface area contributed by atoms with Crippen molar-refractivity contribution in [3.05, 3.63) is 224 Å². The molecule has 0 saturated heterocycles. The molecule has 15 rings (SSSR count). The highest BCUT2D eigenvalue weighted by Crippen LogP contribution is 2.46. The van der Waals surface area contributed by atoms with Crippen molar-refractivity contribution in [1.29, 1.82) is 0 Å². The minimum Gasteiger partial charge on any atom is -0.456 e. The molecule has 0 N–H and O–H groups in total. The Morgan fingerprint density at radius 3 is 1.56 bits per heavy atom. The van der Waals surface area contributed by atoms with Gasteiger partial charge in [0.15, 0.2) is 23.1 Å². The topological polar surface area (TPSA) is 74.8 Å². The number of benzene rings is 10. The molecule has 0 atom stereocenters. The van der Waals surface area contributed by atoms with Gasteiger partial charge in [0.1, 0.15) is 16.7 Å². The summed E-state index contributed by atoms with van der Waals surface area (Å²) >= 11 is 0. The van der Waals surface area contributed by atoms with Gasteiger partial charge < -0.3 is 18.0 Å². The normalized spacial score (nSPS) is 12.0. The van der Waals surface area contributed by atoms with E-state index in [-0.39, 0.29) is 0 Å². The van der Waals surface area contributed by atoms with Gasteiger partial charge in [-0.25, -0.2) is 15.0 Å². The van der Waals surface area contributed by atoms with Gasteiger partial charge in [-0.15, -0.1) is 0 Å². The van der Waals surface area contributed by atoms with E-state index < -0.39 is 0 Å². The molecule has 0 unspecified atom stereocenters. The van der Waals surface area contributed by atoms with Crippen LogP contribution in [0.3, 0.4) is 0 Å². The average Bonchev–Trinajstić information content (AvgIpc) is 4.18. The van der Waals surface area contributed by atoms with Crippen molar-refractivity contribution < 1.29 is 8.83 Å². The first kappa shape index (κ1) is 39.4. The van der Waals surface area contributed by atoms with Gasteiger partial charge in [-0.3, -0.25) is 0 Å². The molecule has 5 aromatic heterocycles. The van der Waals surface area contributed by atoms with Crippen molar-refractivity contribution in [1.82, 2.24) is 24.1 Å². The summed E-state index contributed by atoms with van der Waals surface area (Å²) in [5.74, 6) is 1.80. The maximum Gasteiger partial charge on any atom is 0.165 e. The second-order valence-electron chi connectivity index (χ2n) is 18.4. The number of fused-ring (bicyclic) bond motifs is 12. The fourth-order valence-electron chi connectivity index (χ4n) is 11.1. The molecule has 332 valence electrons. The van der Waals surface area contributed by atoms with Crippen LogP contribution in [0.4, 0.5) is 0 Å². The predicted octanol–water partition coefficient (Wildman–Crippen LogP) is 16.8. The standard InChI is InChI=1S/C64H39N5O2/c1-38-33-55(61-60(46-25-13-16-28-57(46)71-61)59(38)64-66-62(39-17-5-2-6-18-39)65-63(67-64)40-19-7-3-8-20-40)69-52-31-29-41(42-30-32-58-50(35-42)45-24-12-15-27-56(45)70-58)34-47(52)49-37-53-48(36-54(49)69)44-23-11-14-26-51(44)68(53)43-21-9-4-10-22-43/h2-37H,1H3. The molecule has 0 spiro atoms. The molecule has 0 bridgehead atoms. The molecule has 0 amide bonds. The van der Waals surface area contributed by atoms with Crippen LogP contribution < -0.4 is 0 Å². The number of hydrogen-bond donors (Lipinski definition) is 0. The van der Waals surface area contributed by atoms with E-state index in [4.69, 9.17) is 23.8 Å². The van der Waals surface area contributed by atoms with Crippen LogP contribution in [0.15, 0.2) is 227 Å². The number of para-hydroxylation sites is 4. The van der Waals surface area contributed by atoms with E-state index in [0.29, 0.717) is 17.5 Å². The van der Waals surface area contributed by atoms with Crippen LogP contribution in [-0.4, -0.2) is 24.1 Å². The Hall–Kier alpha value is -9.59. The summed E-state index contributed by atoms with van der Waals surface area (Å²) in [6, 6.07) is 76.7. The van der Waals surface area contributed by atoms with Gasteiger partial charge in [0.2, 0.25) is 0 Å². The number of hydrogen-bond acceptors (Lipinski definition) is 5. The lowest BCUT2D eigenvalue weighted by molar-refractivity contribution is 0.666. The summed E-state index contributed by atoms with van der Waals surface area (Å²) in [7, 11) is 0. The number of furan rings is 2. The SMILES string of the molecule is Cc1cc(-n2c3ccc(-c4ccc5oc6ccccc6c5c4)cc3c3cc4c(cc32)c2ccccc2n4-c2ccccc2)c2oc3ccccc3c2c1-c1nc(-c2ccccc2)nc(-c2ccccc2)n1. The zero-order valence-electron chi connectivity index (χ0n) is 38.3. The van der Waals surface area contributed by atoms with Gasteiger partial charge in [-0.2, -0.15) is 0 Å². The van der Waals surface area contributed by atoms with Crippen molar-refractivity contribution in [3.8, 4) is 56.7 Å². The highest BCUT2D eigenvalue weighted by Gasteiger charge is 2.26. The first-order valence-electron chi connectivity index (χ1n) is 23.9. The largest absolute Gasteiger partial charge is 0.456 e. The number of aromatic nitrogens is 5. The molecule has 0 saturated carbocycles. The van der Waals surface area contributed by atoms with Crippen LogP contribution in [0.1, 0.15) is 5.56 Å². The van der Waals surface area contributed by atoms with Crippen molar-refractivity contribution in [2.75, 3.05) is 0 Å². The fourth-order valence-corrected chi connectivity index (χ4v) is 11.1. The Labute approximate surface area is 406 Å². The Morgan fingerprint density at radius 2 is 0.845 bits per heavy atom. The van der Waals surface area contributed by atoms with Gasteiger partial charge >= 0.3 is 0 Å². The molecule has 15 aromatic rings. The monoisotopic (exact) mass is 909 g/mol. The molecule has 5 heterocycles. The van der Waals surface area contributed by atoms with Crippen LogP contribution in [-0.2, 0) is 0 Å². The van der Waals surface area contributed by atoms with E-state index in [9.17, 15) is 0 Å². The fraction of sp³-hybridized carbons (Fsp3) is 0.0156. The Bertz CT molecular complexity index is 4580. The lowest BCUT2D eigenvalue weighted by Crippen LogP contribution is -2.03. The molecule has 0 aliphatic heterocycles. The molecule has 10 aromatic carbocycles. The highest BCUT2D eigenvalue weighted by atomic mass is 16.3. The zero-order valence-corrected chi connectivity index (χ0v) is 38.3. The third-order valence-corrected chi connectivity index (χ3v) is 14.3. The molecule has 71 heavy (non-hydrogen) atoms. The minimum absolute atomic E-state index is 0.586. The van der Waals surface area contributed by atoms with E-state index in [0.717, 1.165) is 121 Å². The van der Waals surface area contributed by atoms with Gasteiger partial charge in [-0.05, 0) is 96.4 Å². The molecule has 7 nitrogen and oxygen atoms in total. The van der Waals surface area contributed by atoms with Crippen LogP contribution in [0, 0.1) is 6.92 Å². The van der Waals surface area contributed by atoms with Crippen LogP contribution in [0.25, 0.3) is 144 Å². The smallest absolute Gasteiger partial charge is 0.165 e. The first-order chi connectivity index (χ1) is 35.1. The Morgan fingerprint density at radius 1 is 0.338 bits per heavy atom. The summed E-state index contributed by atoms with van der Waals surface area (Å²) in [5, 5.41) is 8.76. The summed E-state index contributed by atoms with van der Waals surface area (Å²) in [5.41, 5.74) is 15.8. The van der Waals surface area contributed by atoms with Crippen molar-refractivity contribution in [3.63, 3.8) is 0 Å². The Kier molecular flexibility index (Phi) is 8.44. The maximum absolute atomic E-state index is 7.13. The first-order valence-corrected chi connectivity index (χ1v) is 23.9. The Balaban J connectivity index is 1.04. The van der Waals surface area contributed by atoms with Crippen LogP contribution in [0.5, 0.6) is 0 Å². The predicted molar refractivity (Wildman–Crippen MR) is 290 cm³/mol. The summed E-state index contributed by atoms with van der Waals surface area (Å²) < 4.78 is 18.2.